The molecule has 21 heavy (non-hydrogen) atoms. The normalized spacial score (nSPS) is 11.4. The standard InChI is InChI=1S/C13H19FN2O4S/c1-3-20-13(17)10-7-11(14)9-12(8-10)21(18,19)16-6-4-5-15-2/h7-9,15-16H,3-6H2,1-2H3. The molecule has 0 aliphatic carbocycles. The summed E-state index contributed by atoms with van der Waals surface area (Å²) in [6.45, 7) is 2.60. The van der Waals surface area contributed by atoms with Crippen LogP contribution in [0.2, 0.25) is 0 Å². The molecule has 0 fully saturated rings. The molecule has 0 aromatic heterocycles. The molecular formula is C13H19FN2O4S. The van der Waals surface area contributed by atoms with Crippen LogP contribution >= 0.6 is 0 Å². The Morgan fingerprint density at radius 2 is 2.00 bits per heavy atom. The minimum Gasteiger partial charge on any atom is -0.462 e. The van der Waals surface area contributed by atoms with E-state index in [4.69, 9.17) is 4.74 Å². The Morgan fingerprint density at radius 3 is 2.62 bits per heavy atom. The predicted octanol–water partition coefficient (Wildman–Crippen LogP) is 0.890. The fraction of sp³-hybridized carbons (Fsp3) is 0.462. The highest BCUT2D eigenvalue weighted by atomic mass is 32.2. The summed E-state index contributed by atoms with van der Waals surface area (Å²) in [5.74, 6) is -1.57. The maximum absolute atomic E-state index is 13.5. The van der Waals surface area contributed by atoms with E-state index in [1.807, 2.05) is 0 Å². The van der Waals surface area contributed by atoms with Crippen molar-refractivity contribution in [2.45, 2.75) is 18.2 Å². The first kappa shape index (κ1) is 17.5. The van der Waals surface area contributed by atoms with Gasteiger partial charge in [-0.3, -0.25) is 0 Å². The highest BCUT2D eigenvalue weighted by Crippen LogP contribution is 2.15. The van der Waals surface area contributed by atoms with E-state index in [9.17, 15) is 17.6 Å². The van der Waals surface area contributed by atoms with Crippen LogP contribution in [0.25, 0.3) is 0 Å². The molecule has 0 aliphatic rings. The van der Waals surface area contributed by atoms with Crippen molar-refractivity contribution in [2.75, 3.05) is 26.7 Å². The quantitative estimate of drug-likeness (QED) is 0.549. The summed E-state index contributed by atoms with van der Waals surface area (Å²) in [6, 6.07) is 2.91. The number of carbonyl (C=O) groups is 1. The molecular weight excluding hydrogens is 299 g/mol. The molecule has 118 valence electrons. The summed E-state index contributed by atoms with van der Waals surface area (Å²) in [4.78, 5) is 11.3. The van der Waals surface area contributed by atoms with Gasteiger partial charge < -0.3 is 10.1 Å². The van der Waals surface area contributed by atoms with Crippen LogP contribution in [0.1, 0.15) is 23.7 Å². The zero-order valence-electron chi connectivity index (χ0n) is 12.0. The Hall–Kier alpha value is -1.51. The fourth-order valence-corrected chi connectivity index (χ4v) is 2.73. The SMILES string of the molecule is CCOC(=O)c1cc(F)cc(S(=O)(=O)NCCCNC)c1. The Kier molecular flexibility index (Phi) is 6.73. The fourth-order valence-electron chi connectivity index (χ4n) is 1.61. The van der Waals surface area contributed by atoms with Gasteiger partial charge in [-0.2, -0.15) is 0 Å². The summed E-state index contributed by atoms with van der Waals surface area (Å²) in [5, 5.41) is 2.88. The Bertz CT molecular complexity index is 590. The Labute approximate surface area is 123 Å². The lowest BCUT2D eigenvalue weighted by atomic mass is 10.2. The first-order chi connectivity index (χ1) is 9.90. The van der Waals surface area contributed by atoms with Gasteiger partial charge in [-0.1, -0.05) is 0 Å². The number of hydrogen-bond acceptors (Lipinski definition) is 5. The van der Waals surface area contributed by atoms with Crippen molar-refractivity contribution in [2.24, 2.45) is 0 Å². The third-order valence-electron chi connectivity index (χ3n) is 2.59. The average Bonchev–Trinajstić information content (AvgIpc) is 2.43. The summed E-state index contributed by atoms with van der Waals surface area (Å²) in [7, 11) is -2.10. The molecule has 1 aromatic rings. The van der Waals surface area contributed by atoms with Crippen molar-refractivity contribution in [3.05, 3.63) is 29.6 Å². The van der Waals surface area contributed by atoms with Crippen molar-refractivity contribution in [1.82, 2.24) is 10.0 Å². The number of sulfonamides is 1. The van der Waals surface area contributed by atoms with E-state index in [0.29, 0.717) is 13.0 Å². The molecule has 0 aliphatic heterocycles. The molecule has 0 bridgehead atoms. The summed E-state index contributed by atoms with van der Waals surface area (Å²) >= 11 is 0. The van der Waals surface area contributed by atoms with Gasteiger partial charge in [-0.15, -0.1) is 0 Å². The molecule has 8 heteroatoms. The number of esters is 1. The smallest absolute Gasteiger partial charge is 0.338 e. The van der Waals surface area contributed by atoms with Crippen molar-refractivity contribution in [1.29, 1.82) is 0 Å². The van der Waals surface area contributed by atoms with E-state index in [1.165, 1.54) is 0 Å². The summed E-state index contributed by atoms with van der Waals surface area (Å²) in [5.41, 5.74) is -0.132. The third-order valence-corrected chi connectivity index (χ3v) is 4.03. The predicted molar refractivity (Wildman–Crippen MR) is 76.1 cm³/mol. The molecule has 0 saturated heterocycles. The van der Waals surface area contributed by atoms with Crippen LogP contribution in [0.5, 0.6) is 0 Å². The number of nitrogens with one attached hydrogen (secondary N) is 2. The maximum Gasteiger partial charge on any atom is 0.338 e. The molecule has 0 radical (unpaired) electrons. The molecule has 0 spiro atoms. The van der Waals surface area contributed by atoms with Gasteiger partial charge in [-0.25, -0.2) is 22.3 Å². The van der Waals surface area contributed by atoms with Gasteiger partial charge in [0.1, 0.15) is 5.82 Å². The van der Waals surface area contributed by atoms with Crippen LogP contribution in [0.3, 0.4) is 0 Å². The van der Waals surface area contributed by atoms with E-state index >= 15 is 0 Å². The second-order valence-electron chi connectivity index (χ2n) is 4.25. The second-order valence-corrected chi connectivity index (χ2v) is 6.02. The maximum atomic E-state index is 13.5. The van der Waals surface area contributed by atoms with Crippen LogP contribution in [-0.2, 0) is 14.8 Å². The van der Waals surface area contributed by atoms with E-state index in [0.717, 1.165) is 18.2 Å². The number of benzene rings is 1. The van der Waals surface area contributed by atoms with Gasteiger partial charge in [0.25, 0.3) is 0 Å². The van der Waals surface area contributed by atoms with Crippen molar-refractivity contribution >= 4 is 16.0 Å². The number of carbonyl (C=O) groups excluding carboxylic acids is 1. The van der Waals surface area contributed by atoms with Gasteiger partial charge >= 0.3 is 5.97 Å². The third kappa shape index (κ3) is 5.41. The van der Waals surface area contributed by atoms with E-state index in [-0.39, 0.29) is 23.6 Å². The van der Waals surface area contributed by atoms with E-state index < -0.39 is 21.8 Å². The lowest BCUT2D eigenvalue weighted by molar-refractivity contribution is 0.0525. The first-order valence-corrected chi connectivity index (χ1v) is 8.01. The Balaban J connectivity index is 2.93. The van der Waals surface area contributed by atoms with Crippen LogP contribution in [-0.4, -0.2) is 41.1 Å². The highest BCUT2D eigenvalue weighted by Gasteiger charge is 2.18. The summed E-state index contributed by atoms with van der Waals surface area (Å²) < 4.78 is 44.6. The van der Waals surface area contributed by atoms with Gasteiger partial charge in [0.05, 0.1) is 17.1 Å². The highest BCUT2D eigenvalue weighted by molar-refractivity contribution is 7.89. The number of ether oxygens (including phenoxy) is 1. The summed E-state index contributed by atoms with van der Waals surface area (Å²) in [6.07, 6.45) is 0.593. The molecule has 1 rings (SSSR count). The first-order valence-electron chi connectivity index (χ1n) is 6.52. The van der Waals surface area contributed by atoms with Gasteiger partial charge in [-0.05, 0) is 45.1 Å². The van der Waals surface area contributed by atoms with Gasteiger partial charge in [0.2, 0.25) is 10.0 Å². The topological polar surface area (TPSA) is 84.5 Å². The van der Waals surface area contributed by atoms with E-state index in [1.54, 1.807) is 14.0 Å². The molecule has 1 aromatic carbocycles. The van der Waals surface area contributed by atoms with Crippen LogP contribution in [0.15, 0.2) is 23.1 Å². The zero-order chi connectivity index (χ0) is 15.9. The number of rotatable bonds is 8. The van der Waals surface area contributed by atoms with Crippen LogP contribution in [0.4, 0.5) is 4.39 Å². The molecule has 6 nitrogen and oxygen atoms in total. The van der Waals surface area contributed by atoms with Gasteiger partial charge in [0, 0.05) is 6.54 Å². The largest absolute Gasteiger partial charge is 0.462 e. The van der Waals surface area contributed by atoms with Crippen LogP contribution < -0.4 is 10.0 Å². The minimum atomic E-state index is -3.86. The monoisotopic (exact) mass is 318 g/mol. The van der Waals surface area contributed by atoms with Gasteiger partial charge in [0.15, 0.2) is 0 Å². The zero-order valence-corrected chi connectivity index (χ0v) is 12.8. The van der Waals surface area contributed by atoms with Crippen molar-refractivity contribution in [3.63, 3.8) is 0 Å². The minimum absolute atomic E-state index is 0.125. The molecule has 0 saturated carbocycles. The lowest BCUT2D eigenvalue weighted by Gasteiger charge is -2.08. The van der Waals surface area contributed by atoms with E-state index in [2.05, 4.69) is 10.0 Å². The average molecular weight is 318 g/mol. The van der Waals surface area contributed by atoms with Crippen molar-refractivity contribution < 1.29 is 22.3 Å². The van der Waals surface area contributed by atoms with Crippen molar-refractivity contribution in [3.8, 4) is 0 Å². The molecule has 0 amide bonds. The number of halogens is 1. The molecule has 0 atom stereocenters. The van der Waals surface area contributed by atoms with Crippen LogP contribution in [0, 0.1) is 5.82 Å². The molecule has 2 N–H and O–H groups in total. The lowest BCUT2D eigenvalue weighted by Crippen LogP contribution is -2.27. The second kappa shape index (κ2) is 8.06. The number of hydrogen-bond donors (Lipinski definition) is 2. The molecule has 0 heterocycles. The Morgan fingerprint density at radius 1 is 1.29 bits per heavy atom. The molecule has 0 unspecified atom stereocenters.